The third-order valence-corrected chi connectivity index (χ3v) is 8.67. The van der Waals surface area contributed by atoms with Gasteiger partial charge in [0.1, 0.15) is 10.5 Å². The first-order valence-electron chi connectivity index (χ1n) is 11.2. The Balaban J connectivity index is 1.68. The van der Waals surface area contributed by atoms with Crippen molar-refractivity contribution in [1.82, 2.24) is 20.6 Å². The van der Waals surface area contributed by atoms with Gasteiger partial charge in [0.15, 0.2) is 26.7 Å². The number of hydrogen-bond acceptors (Lipinski definition) is 9. The molecule has 2 heterocycles. The van der Waals surface area contributed by atoms with E-state index in [-0.39, 0.29) is 44.9 Å². The van der Waals surface area contributed by atoms with Crippen LogP contribution in [0, 0.1) is 11.6 Å². The van der Waals surface area contributed by atoms with E-state index in [4.69, 9.17) is 9.47 Å². The summed E-state index contributed by atoms with van der Waals surface area (Å²) in [7, 11) is -1.56. The minimum absolute atomic E-state index is 0.0708. The largest absolute Gasteiger partial charge is 0.479 e. The van der Waals surface area contributed by atoms with E-state index in [1.807, 2.05) is 0 Å². The summed E-state index contributed by atoms with van der Waals surface area (Å²) in [5, 5.41) is 3.10. The van der Waals surface area contributed by atoms with Gasteiger partial charge >= 0.3 is 0 Å². The summed E-state index contributed by atoms with van der Waals surface area (Å²) in [5.41, 5.74) is 0.392. The molecule has 1 aliphatic rings. The van der Waals surface area contributed by atoms with E-state index < -0.39 is 50.8 Å². The van der Waals surface area contributed by atoms with Gasteiger partial charge in [0.2, 0.25) is 17.7 Å². The molecule has 3 aromatic rings. The van der Waals surface area contributed by atoms with Crippen LogP contribution in [0.2, 0.25) is 0 Å². The lowest BCUT2D eigenvalue weighted by Gasteiger charge is -2.15. The number of thiazole rings is 1. The molecule has 37 heavy (non-hydrogen) atoms. The van der Waals surface area contributed by atoms with Gasteiger partial charge in [-0.05, 0) is 36.6 Å². The third kappa shape index (κ3) is 6.19. The Kier molecular flexibility index (Phi) is 7.99. The summed E-state index contributed by atoms with van der Waals surface area (Å²) < 4.78 is 65.2. The first-order chi connectivity index (χ1) is 17.6. The smallest absolute Gasteiger partial charge is 0.250 e. The summed E-state index contributed by atoms with van der Waals surface area (Å²) in [5.74, 6) is -3.63. The highest BCUT2D eigenvalue weighted by Crippen LogP contribution is 2.36. The molecule has 0 spiro atoms. The van der Waals surface area contributed by atoms with Crippen molar-refractivity contribution in [2.75, 3.05) is 33.1 Å². The standard InChI is InChI=1S/C23H24F2N4O6S2/c1-34-5-6-37(32,33)20(21(31)26-11-18(30)28-14-3-4-14)23-29-19-15(24)7-12(9-17(19)36-23)13-8-16(25)22(35-2)27-10-13/h7-10,14,20H,3-6,11H2,1-2H3,(H,26,31)(H,28,30). The number of halogens is 2. The van der Waals surface area contributed by atoms with Gasteiger partial charge in [0, 0.05) is 24.9 Å². The lowest BCUT2D eigenvalue weighted by Crippen LogP contribution is -2.42. The molecule has 198 valence electrons. The Bertz CT molecular complexity index is 1440. The number of ether oxygens (including phenoxy) is 2. The number of rotatable bonds is 11. The predicted octanol–water partition coefficient (Wildman–Crippen LogP) is 2.14. The van der Waals surface area contributed by atoms with Crippen molar-refractivity contribution in [3.8, 4) is 17.0 Å². The summed E-state index contributed by atoms with van der Waals surface area (Å²) in [6, 6.07) is 3.82. The van der Waals surface area contributed by atoms with Crippen LogP contribution >= 0.6 is 11.3 Å². The molecule has 4 rings (SSSR count). The number of pyridine rings is 1. The summed E-state index contributed by atoms with van der Waals surface area (Å²) in [4.78, 5) is 33.0. The predicted molar refractivity (Wildman–Crippen MR) is 132 cm³/mol. The minimum Gasteiger partial charge on any atom is -0.479 e. The van der Waals surface area contributed by atoms with Crippen LogP contribution in [0.4, 0.5) is 8.78 Å². The second-order valence-corrected chi connectivity index (χ2v) is 11.6. The molecule has 1 atom stereocenters. The number of benzene rings is 1. The number of nitrogens with one attached hydrogen (secondary N) is 2. The number of carbonyl (C=O) groups is 2. The quantitative estimate of drug-likeness (QED) is 0.368. The van der Waals surface area contributed by atoms with E-state index in [2.05, 4.69) is 20.6 Å². The van der Waals surface area contributed by atoms with Crippen LogP contribution < -0.4 is 15.4 Å². The number of fused-ring (bicyclic) bond motifs is 1. The third-order valence-electron chi connectivity index (χ3n) is 5.56. The van der Waals surface area contributed by atoms with Gasteiger partial charge in [-0.15, -0.1) is 11.3 Å². The average molecular weight is 555 g/mol. The first kappa shape index (κ1) is 26.8. The number of nitrogens with zero attached hydrogens (tertiary/aromatic N) is 2. The molecule has 2 N–H and O–H groups in total. The van der Waals surface area contributed by atoms with Crippen molar-refractivity contribution < 1.29 is 36.3 Å². The topological polar surface area (TPSA) is 137 Å². The van der Waals surface area contributed by atoms with Crippen LogP contribution in [-0.4, -0.2) is 69.4 Å². The van der Waals surface area contributed by atoms with Crippen molar-refractivity contribution in [1.29, 1.82) is 0 Å². The van der Waals surface area contributed by atoms with Gasteiger partial charge in [-0.25, -0.2) is 27.2 Å². The summed E-state index contributed by atoms with van der Waals surface area (Å²) in [6.45, 7) is -0.585. The molecule has 1 aromatic carbocycles. The van der Waals surface area contributed by atoms with Crippen molar-refractivity contribution in [2.45, 2.75) is 24.1 Å². The molecule has 1 fully saturated rings. The molecular weight excluding hydrogens is 530 g/mol. The molecule has 14 heteroatoms. The SMILES string of the molecule is COCCS(=O)(=O)C(C(=O)NCC(=O)NC1CC1)c1nc2c(F)cc(-c3cnc(OC)c(F)c3)cc2s1. The Morgan fingerprint density at radius 2 is 1.89 bits per heavy atom. The van der Waals surface area contributed by atoms with Crippen molar-refractivity contribution in [3.63, 3.8) is 0 Å². The maximum absolute atomic E-state index is 15.0. The molecule has 0 radical (unpaired) electrons. The van der Waals surface area contributed by atoms with Gasteiger partial charge in [0.25, 0.3) is 0 Å². The second kappa shape index (κ2) is 11.0. The second-order valence-electron chi connectivity index (χ2n) is 8.37. The van der Waals surface area contributed by atoms with Crippen LogP contribution in [0.5, 0.6) is 5.88 Å². The molecule has 0 bridgehead atoms. The first-order valence-corrected chi connectivity index (χ1v) is 13.7. The maximum atomic E-state index is 15.0. The van der Waals surface area contributed by atoms with Gasteiger partial charge in [0.05, 0.1) is 30.7 Å². The minimum atomic E-state index is -4.15. The maximum Gasteiger partial charge on any atom is 0.250 e. The molecule has 2 amide bonds. The van der Waals surface area contributed by atoms with E-state index in [1.54, 1.807) is 0 Å². The summed E-state index contributed by atoms with van der Waals surface area (Å²) >= 11 is 0.812. The van der Waals surface area contributed by atoms with E-state index in [1.165, 1.54) is 26.5 Å². The number of aromatic nitrogens is 2. The Hall–Kier alpha value is -3.23. The molecule has 1 unspecified atom stereocenters. The zero-order chi connectivity index (χ0) is 26.7. The fourth-order valence-electron chi connectivity index (χ4n) is 3.53. The monoisotopic (exact) mass is 554 g/mol. The lowest BCUT2D eigenvalue weighted by molar-refractivity contribution is -0.126. The highest BCUT2D eigenvalue weighted by atomic mass is 32.2. The van der Waals surface area contributed by atoms with Crippen LogP contribution in [-0.2, 0) is 24.2 Å². The molecule has 10 nitrogen and oxygen atoms in total. The van der Waals surface area contributed by atoms with Gasteiger partial charge < -0.3 is 20.1 Å². The molecule has 1 aliphatic carbocycles. The Morgan fingerprint density at radius 1 is 1.16 bits per heavy atom. The highest BCUT2D eigenvalue weighted by molar-refractivity contribution is 7.92. The Labute approximate surface area is 215 Å². The molecule has 0 aliphatic heterocycles. The van der Waals surface area contributed by atoms with Crippen molar-refractivity contribution >= 4 is 43.2 Å². The molecule has 1 saturated carbocycles. The van der Waals surface area contributed by atoms with Crippen molar-refractivity contribution in [2.24, 2.45) is 0 Å². The number of hydrogen-bond donors (Lipinski definition) is 2. The van der Waals surface area contributed by atoms with E-state index >= 15 is 4.39 Å². The fourth-order valence-corrected chi connectivity index (χ4v) is 6.52. The fraction of sp³-hybridized carbons (Fsp3) is 0.391. The molecule has 2 aromatic heterocycles. The molecule has 0 saturated heterocycles. The van der Waals surface area contributed by atoms with Crippen molar-refractivity contribution in [3.05, 3.63) is 41.0 Å². The van der Waals surface area contributed by atoms with Crippen LogP contribution in [0.3, 0.4) is 0 Å². The zero-order valence-corrected chi connectivity index (χ0v) is 21.5. The van der Waals surface area contributed by atoms with Crippen LogP contribution in [0.1, 0.15) is 23.1 Å². The van der Waals surface area contributed by atoms with Crippen LogP contribution in [0.25, 0.3) is 21.3 Å². The van der Waals surface area contributed by atoms with Crippen LogP contribution in [0.15, 0.2) is 24.4 Å². The molecular formula is C23H24F2N4O6S2. The van der Waals surface area contributed by atoms with Gasteiger partial charge in [-0.1, -0.05) is 0 Å². The van der Waals surface area contributed by atoms with E-state index in [0.29, 0.717) is 0 Å². The Morgan fingerprint density at radius 3 is 2.54 bits per heavy atom. The number of methoxy groups -OCH3 is 2. The summed E-state index contributed by atoms with van der Waals surface area (Å²) in [6.07, 6.45) is 3.01. The highest BCUT2D eigenvalue weighted by Gasteiger charge is 2.37. The average Bonchev–Trinajstić information content (AvgIpc) is 3.57. The zero-order valence-electron chi connectivity index (χ0n) is 19.9. The number of sulfone groups is 1. The normalized spacial score (nSPS) is 14.4. The van der Waals surface area contributed by atoms with Gasteiger partial charge in [-0.3, -0.25) is 9.59 Å². The number of amides is 2. The number of carbonyl (C=O) groups excluding carboxylic acids is 2. The van der Waals surface area contributed by atoms with E-state index in [9.17, 15) is 22.4 Å². The lowest BCUT2D eigenvalue weighted by atomic mass is 10.1. The van der Waals surface area contributed by atoms with Gasteiger partial charge in [-0.2, -0.15) is 0 Å². The van der Waals surface area contributed by atoms with E-state index in [0.717, 1.165) is 36.3 Å².